The molecule has 1 amide bonds. The fourth-order valence-electron chi connectivity index (χ4n) is 2.05. The molecule has 0 unspecified atom stereocenters. The Morgan fingerprint density at radius 2 is 2.05 bits per heavy atom. The number of hydrogen-bond donors (Lipinski definition) is 1. The van der Waals surface area contributed by atoms with E-state index in [-0.39, 0.29) is 17.5 Å². The summed E-state index contributed by atoms with van der Waals surface area (Å²) in [5.41, 5.74) is 7.40. The number of benzene rings is 1. The van der Waals surface area contributed by atoms with Gasteiger partial charge in [0.25, 0.3) is 5.91 Å². The van der Waals surface area contributed by atoms with Crippen LogP contribution in [0.4, 0.5) is 10.1 Å². The smallest absolute Gasteiger partial charge is 0.257 e. The van der Waals surface area contributed by atoms with Crippen molar-refractivity contribution in [2.24, 2.45) is 0 Å². The van der Waals surface area contributed by atoms with Gasteiger partial charge in [-0.3, -0.25) is 9.78 Å². The molecule has 2 N–H and O–H groups in total. The quantitative estimate of drug-likeness (QED) is 0.880. The minimum atomic E-state index is -0.616. The van der Waals surface area contributed by atoms with E-state index >= 15 is 0 Å². The van der Waals surface area contributed by atoms with Crippen LogP contribution in [0.3, 0.4) is 0 Å². The molecule has 0 radical (unpaired) electrons. The SMILES string of the molecule is CC(C)N(Cc1ccccc1N)C(=O)c1ccncc1F. The van der Waals surface area contributed by atoms with Crippen molar-refractivity contribution in [3.8, 4) is 0 Å². The Bertz CT molecular complexity index is 643. The minimum absolute atomic E-state index is 0.0215. The van der Waals surface area contributed by atoms with E-state index < -0.39 is 5.82 Å². The number of carbonyl (C=O) groups is 1. The summed E-state index contributed by atoms with van der Waals surface area (Å²) in [7, 11) is 0. The molecule has 2 rings (SSSR count). The highest BCUT2D eigenvalue weighted by Crippen LogP contribution is 2.18. The number of halogens is 1. The molecule has 5 heteroatoms. The molecule has 4 nitrogen and oxygen atoms in total. The second-order valence-corrected chi connectivity index (χ2v) is 5.08. The Hall–Kier alpha value is -2.43. The van der Waals surface area contributed by atoms with Gasteiger partial charge in [-0.1, -0.05) is 18.2 Å². The molecule has 0 aliphatic carbocycles. The molecule has 2 aromatic rings. The third-order valence-electron chi connectivity index (χ3n) is 3.28. The van der Waals surface area contributed by atoms with Gasteiger partial charge in [0, 0.05) is 24.5 Å². The molecule has 0 fully saturated rings. The van der Waals surface area contributed by atoms with E-state index in [4.69, 9.17) is 5.73 Å². The van der Waals surface area contributed by atoms with E-state index in [0.717, 1.165) is 11.8 Å². The normalized spacial score (nSPS) is 10.7. The zero-order chi connectivity index (χ0) is 15.4. The maximum atomic E-state index is 13.7. The Morgan fingerprint density at radius 1 is 1.33 bits per heavy atom. The van der Waals surface area contributed by atoms with Gasteiger partial charge in [0.15, 0.2) is 5.82 Å². The zero-order valence-corrected chi connectivity index (χ0v) is 12.1. The number of pyridine rings is 1. The van der Waals surface area contributed by atoms with E-state index in [1.54, 1.807) is 11.0 Å². The lowest BCUT2D eigenvalue weighted by molar-refractivity contribution is 0.0686. The molecule has 0 atom stereocenters. The maximum Gasteiger partial charge on any atom is 0.257 e. The van der Waals surface area contributed by atoms with Crippen molar-refractivity contribution in [2.75, 3.05) is 5.73 Å². The van der Waals surface area contributed by atoms with Gasteiger partial charge in [-0.05, 0) is 31.5 Å². The molecule has 0 saturated carbocycles. The highest BCUT2D eigenvalue weighted by molar-refractivity contribution is 5.94. The van der Waals surface area contributed by atoms with E-state index in [2.05, 4.69) is 4.98 Å². The van der Waals surface area contributed by atoms with Crippen molar-refractivity contribution in [1.29, 1.82) is 0 Å². The first kappa shape index (κ1) is 15.0. The molecule has 0 bridgehead atoms. The molecule has 0 aliphatic rings. The molecular weight excluding hydrogens is 269 g/mol. The molecule has 0 aliphatic heterocycles. The number of nitrogens with zero attached hydrogens (tertiary/aromatic N) is 2. The van der Waals surface area contributed by atoms with E-state index in [1.165, 1.54) is 12.3 Å². The fourth-order valence-corrected chi connectivity index (χ4v) is 2.05. The lowest BCUT2D eigenvalue weighted by Gasteiger charge is -2.27. The van der Waals surface area contributed by atoms with Crippen LogP contribution in [0.1, 0.15) is 29.8 Å². The molecule has 110 valence electrons. The largest absolute Gasteiger partial charge is 0.398 e. The van der Waals surface area contributed by atoms with Gasteiger partial charge in [-0.15, -0.1) is 0 Å². The van der Waals surface area contributed by atoms with Crippen LogP contribution in [0.15, 0.2) is 42.7 Å². The topological polar surface area (TPSA) is 59.2 Å². The highest BCUT2D eigenvalue weighted by Gasteiger charge is 2.22. The first-order valence-electron chi connectivity index (χ1n) is 6.74. The van der Waals surface area contributed by atoms with Gasteiger partial charge in [0.1, 0.15) is 0 Å². The average Bonchev–Trinajstić information content (AvgIpc) is 2.46. The first-order chi connectivity index (χ1) is 10.0. The van der Waals surface area contributed by atoms with Crippen LogP contribution in [0.25, 0.3) is 0 Å². The van der Waals surface area contributed by atoms with Crippen molar-refractivity contribution >= 4 is 11.6 Å². The number of amides is 1. The number of para-hydroxylation sites is 1. The van der Waals surface area contributed by atoms with E-state index in [1.807, 2.05) is 32.0 Å². The molecule has 21 heavy (non-hydrogen) atoms. The van der Waals surface area contributed by atoms with Gasteiger partial charge in [-0.25, -0.2) is 4.39 Å². The molecular formula is C16H18FN3O. The van der Waals surface area contributed by atoms with Crippen LogP contribution in [-0.2, 0) is 6.54 Å². The number of hydrogen-bond acceptors (Lipinski definition) is 3. The number of nitrogens with two attached hydrogens (primary N) is 1. The number of nitrogen functional groups attached to an aromatic ring is 1. The first-order valence-corrected chi connectivity index (χ1v) is 6.74. The van der Waals surface area contributed by atoms with E-state index in [0.29, 0.717) is 12.2 Å². The Kier molecular flexibility index (Phi) is 4.52. The highest BCUT2D eigenvalue weighted by atomic mass is 19.1. The van der Waals surface area contributed by atoms with Crippen molar-refractivity contribution in [2.45, 2.75) is 26.4 Å². The number of carbonyl (C=O) groups excluding carboxylic acids is 1. The van der Waals surface area contributed by atoms with E-state index in [9.17, 15) is 9.18 Å². The summed E-state index contributed by atoms with van der Waals surface area (Å²) in [6.07, 6.45) is 2.45. The minimum Gasteiger partial charge on any atom is -0.398 e. The molecule has 1 aromatic heterocycles. The lowest BCUT2D eigenvalue weighted by atomic mass is 10.1. The van der Waals surface area contributed by atoms with Gasteiger partial charge in [-0.2, -0.15) is 0 Å². The summed E-state index contributed by atoms with van der Waals surface area (Å²) >= 11 is 0. The van der Waals surface area contributed by atoms with Crippen LogP contribution < -0.4 is 5.73 Å². The number of anilines is 1. The second kappa shape index (κ2) is 6.35. The zero-order valence-electron chi connectivity index (χ0n) is 12.1. The lowest BCUT2D eigenvalue weighted by Crippen LogP contribution is -2.37. The summed E-state index contributed by atoms with van der Waals surface area (Å²) in [6, 6.07) is 8.66. The van der Waals surface area contributed by atoms with Gasteiger partial charge < -0.3 is 10.6 Å². The predicted molar refractivity (Wildman–Crippen MR) is 80.1 cm³/mol. The fraction of sp³-hybridized carbons (Fsp3) is 0.250. The van der Waals surface area contributed by atoms with Crippen LogP contribution >= 0.6 is 0 Å². The van der Waals surface area contributed by atoms with Crippen molar-refractivity contribution in [1.82, 2.24) is 9.88 Å². The number of aromatic nitrogens is 1. The van der Waals surface area contributed by atoms with Gasteiger partial charge in [0.2, 0.25) is 0 Å². The van der Waals surface area contributed by atoms with Crippen LogP contribution in [0.5, 0.6) is 0 Å². The molecule has 1 heterocycles. The Balaban J connectivity index is 2.30. The third kappa shape index (κ3) is 3.37. The average molecular weight is 287 g/mol. The molecule has 1 aromatic carbocycles. The predicted octanol–water partition coefficient (Wildman–Crippen LogP) is 2.85. The Morgan fingerprint density at radius 3 is 2.67 bits per heavy atom. The Labute approximate surface area is 123 Å². The van der Waals surface area contributed by atoms with Crippen LogP contribution in [0, 0.1) is 5.82 Å². The summed E-state index contributed by atoms with van der Waals surface area (Å²) in [6.45, 7) is 4.11. The summed E-state index contributed by atoms with van der Waals surface area (Å²) in [5.74, 6) is -0.984. The maximum absolute atomic E-state index is 13.7. The summed E-state index contributed by atoms with van der Waals surface area (Å²) < 4.78 is 13.7. The summed E-state index contributed by atoms with van der Waals surface area (Å²) in [5, 5.41) is 0. The third-order valence-corrected chi connectivity index (χ3v) is 3.28. The van der Waals surface area contributed by atoms with Gasteiger partial charge in [0.05, 0.1) is 11.8 Å². The van der Waals surface area contributed by atoms with Crippen LogP contribution in [-0.4, -0.2) is 21.8 Å². The molecule has 0 spiro atoms. The van der Waals surface area contributed by atoms with Crippen molar-refractivity contribution in [3.05, 3.63) is 59.7 Å². The summed E-state index contributed by atoms with van der Waals surface area (Å²) in [4.78, 5) is 17.8. The van der Waals surface area contributed by atoms with Gasteiger partial charge >= 0.3 is 0 Å². The standard InChI is InChI=1S/C16H18FN3O/c1-11(2)20(10-12-5-3-4-6-15(12)18)16(21)13-7-8-19-9-14(13)17/h3-9,11H,10,18H2,1-2H3. The van der Waals surface area contributed by atoms with Crippen LogP contribution in [0.2, 0.25) is 0 Å². The number of rotatable bonds is 4. The monoisotopic (exact) mass is 287 g/mol. The second-order valence-electron chi connectivity index (χ2n) is 5.08. The molecule has 0 saturated heterocycles. The van der Waals surface area contributed by atoms with Crippen molar-refractivity contribution < 1.29 is 9.18 Å². The van der Waals surface area contributed by atoms with Crippen molar-refractivity contribution in [3.63, 3.8) is 0 Å².